The van der Waals surface area contributed by atoms with Crippen LogP contribution >= 0.6 is 11.8 Å². The van der Waals surface area contributed by atoms with Crippen molar-refractivity contribution in [3.8, 4) is 0 Å². The molecule has 2 rings (SSSR count). The average molecular weight is 298 g/mol. The van der Waals surface area contributed by atoms with E-state index in [1.165, 1.54) is 5.56 Å². The van der Waals surface area contributed by atoms with Crippen molar-refractivity contribution < 1.29 is 9.59 Å². The summed E-state index contributed by atoms with van der Waals surface area (Å²) in [7, 11) is 0. The highest BCUT2D eigenvalue weighted by Gasteiger charge is 2.13. The van der Waals surface area contributed by atoms with E-state index in [1.807, 2.05) is 12.1 Å². The Labute approximate surface area is 129 Å². The first-order chi connectivity index (χ1) is 10.1. The predicted molar refractivity (Wildman–Crippen MR) is 86.0 cm³/mol. The maximum absolute atomic E-state index is 11.8. The lowest BCUT2D eigenvalue weighted by Gasteiger charge is -2.04. The SMILES string of the molecule is CCC(=O)C(=O)c1ccc(Sc2ccc(CC)cc2)cc1. The zero-order chi connectivity index (χ0) is 15.2. The summed E-state index contributed by atoms with van der Waals surface area (Å²) in [6.07, 6.45) is 1.28. The van der Waals surface area contributed by atoms with E-state index < -0.39 is 5.78 Å². The van der Waals surface area contributed by atoms with Gasteiger partial charge in [-0.25, -0.2) is 0 Å². The number of ketones is 2. The third kappa shape index (κ3) is 4.05. The number of hydrogen-bond acceptors (Lipinski definition) is 3. The van der Waals surface area contributed by atoms with E-state index in [0.717, 1.165) is 16.2 Å². The standard InChI is InChI=1S/C18H18O2S/c1-3-13-5-9-15(10-6-13)21-16-11-7-14(8-12-16)18(20)17(19)4-2/h5-12H,3-4H2,1-2H3. The molecule has 0 spiro atoms. The van der Waals surface area contributed by atoms with Crippen LogP contribution in [-0.4, -0.2) is 11.6 Å². The predicted octanol–water partition coefficient (Wildman–Crippen LogP) is 4.56. The Hall–Kier alpha value is -1.87. The number of carbonyl (C=O) groups excluding carboxylic acids is 2. The van der Waals surface area contributed by atoms with Gasteiger partial charge in [-0.15, -0.1) is 0 Å². The second kappa shape index (κ2) is 7.23. The van der Waals surface area contributed by atoms with Crippen molar-refractivity contribution in [2.45, 2.75) is 36.5 Å². The van der Waals surface area contributed by atoms with Gasteiger partial charge in [-0.2, -0.15) is 0 Å². The van der Waals surface area contributed by atoms with E-state index in [1.54, 1.807) is 30.8 Å². The summed E-state index contributed by atoms with van der Waals surface area (Å²) in [6.45, 7) is 3.83. The molecule has 0 radical (unpaired) electrons. The summed E-state index contributed by atoms with van der Waals surface area (Å²) < 4.78 is 0. The molecule has 108 valence electrons. The molecule has 0 unspecified atom stereocenters. The van der Waals surface area contributed by atoms with Crippen LogP contribution in [0.25, 0.3) is 0 Å². The van der Waals surface area contributed by atoms with Gasteiger partial charge in [0, 0.05) is 21.8 Å². The largest absolute Gasteiger partial charge is 0.290 e. The van der Waals surface area contributed by atoms with Crippen molar-refractivity contribution in [2.75, 3.05) is 0 Å². The molecule has 0 amide bonds. The Balaban J connectivity index is 2.08. The van der Waals surface area contributed by atoms with Crippen LogP contribution in [0, 0.1) is 0 Å². The Kier molecular flexibility index (Phi) is 5.34. The highest BCUT2D eigenvalue weighted by atomic mass is 32.2. The molecule has 2 aromatic carbocycles. The van der Waals surface area contributed by atoms with E-state index in [2.05, 4.69) is 31.2 Å². The maximum atomic E-state index is 11.8. The minimum Gasteiger partial charge on any atom is -0.290 e. The first-order valence-corrected chi connectivity index (χ1v) is 7.90. The molecule has 0 aliphatic heterocycles. The van der Waals surface area contributed by atoms with Crippen molar-refractivity contribution in [1.29, 1.82) is 0 Å². The van der Waals surface area contributed by atoms with Gasteiger partial charge in [-0.3, -0.25) is 9.59 Å². The molecule has 0 heterocycles. The monoisotopic (exact) mass is 298 g/mol. The van der Waals surface area contributed by atoms with E-state index in [0.29, 0.717) is 5.56 Å². The van der Waals surface area contributed by atoms with Crippen LogP contribution in [0.1, 0.15) is 36.2 Å². The van der Waals surface area contributed by atoms with E-state index >= 15 is 0 Å². The third-order valence-electron chi connectivity index (χ3n) is 3.26. The number of aryl methyl sites for hydroxylation is 1. The lowest BCUT2D eigenvalue weighted by Crippen LogP contribution is -2.12. The van der Waals surface area contributed by atoms with Crippen LogP contribution < -0.4 is 0 Å². The Morgan fingerprint density at radius 3 is 1.86 bits per heavy atom. The molecule has 2 nitrogen and oxygen atoms in total. The zero-order valence-corrected chi connectivity index (χ0v) is 13.1. The van der Waals surface area contributed by atoms with Gasteiger partial charge >= 0.3 is 0 Å². The molecule has 0 bridgehead atoms. The quantitative estimate of drug-likeness (QED) is 0.579. The average Bonchev–Trinajstić information content (AvgIpc) is 2.55. The van der Waals surface area contributed by atoms with Crippen LogP contribution in [0.4, 0.5) is 0 Å². The molecule has 3 heteroatoms. The van der Waals surface area contributed by atoms with Crippen molar-refractivity contribution in [3.63, 3.8) is 0 Å². The Bertz CT molecular complexity index is 627. The first kappa shape index (κ1) is 15.5. The number of Topliss-reactive ketones (excluding diaryl/α,β-unsaturated/α-hetero) is 2. The topological polar surface area (TPSA) is 34.1 Å². The lowest BCUT2D eigenvalue weighted by atomic mass is 10.1. The number of rotatable bonds is 6. The van der Waals surface area contributed by atoms with Gasteiger partial charge in [0.05, 0.1) is 0 Å². The van der Waals surface area contributed by atoms with E-state index in [-0.39, 0.29) is 12.2 Å². The summed E-state index contributed by atoms with van der Waals surface area (Å²) in [5, 5.41) is 0. The molecule has 0 saturated carbocycles. The molecule has 0 fully saturated rings. The van der Waals surface area contributed by atoms with Gasteiger partial charge in [0.1, 0.15) is 0 Å². The minimum absolute atomic E-state index is 0.249. The Morgan fingerprint density at radius 1 is 0.857 bits per heavy atom. The fourth-order valence-electron chi connectivity index (χ4n) is 1.93. The van der Waals surface area contributed by atoms with Crippen LogP contribution in [0.5, 0.6) is 0 Å². The molecule has 0 atom stereocenters. The molecular weight excluding hydrogens is 280 g/mol. The van der Waals surface area contributed by atoms with Crippen LogP contribution in [0.15, 0.2) is 58.3 Å². The summed E-state index contributed by atoms with van der Waals surface area (Å²) in [5.74, 6) is -0.744. The smallest absolute Gasteiger partial charge is 0.228 e. The second-order valence-electron chi connectivity index (χ2n) is 4.73. The number of carbonyl (C=O) groups is 2. The fourth-order valence-corrected chi connectivity index (χ4v) is 2.74. The minimum atomic E-state index is -0.402. The van der Waals surface area contributed by atoms with Gasteiger partial charge in [-0.05, 0) is 48.4 Å². The number of hydrogen-bond donors (Lipinski definition) is 0. The second-order valence-corrected chi connectivity index (χ2v) is 5.88. The van der Waals surface area contributed by atoms with Crippen molar-refractivity contribution in [3.05, 3.63) is 59.7 Å². The van der Waals surface area contributed by atoms with E-state index in [4.69, 9.17) is 0 Å². The normalized spacial score (nSPS) is 10.4. The molecule has 0 aliphatic carbocycles. The van der Waals surface area contributed by atoms with Crippen molar-refractivity contribution >= 4 is 23.3 Å². The molecule has 0 N–H and O–H groups in total. The van der Waals surface area contributed by atoms with Gasteiger partial charge in [0.25, 0.3) is 0 Å². The maximum Gasteiger partial charge on any atom is 0.228 e. The Morgan fingerprint density at radius 2 is 1.38 bits per heavy atom. The lowest BCUT2D eigenvalue weighted by molar-refractivity contribution is -0.114. The van der Waals surface area contributed by atoms with Gasteiger partial charge in [0.2, 0.25) is 11.6 Å². The number of benzene rings is 2. The highest BCUT2D eigenvalue weighted by molar-refractivity contribution is 7.99. The highest BCUT2D eigenvalue weighted by Crippen LogP contribution is 2.28. The zero-order valence-electron chi connectivity index (χ0n) is 12.3. The third-order valence-corrected chi connectivity index (χ3v) is 4.27. The fraction of sp³-hybridized carbons (Fsp3) is 0.222. The van der Waals surface area contributed by atoms with Gasteiger partial charge in [0.15, 0.2) is 0 Å². The van der Waals surface area contributed by atoms with Gasteiger partial charge in [-0.1, -0.05) is 37.7 Å². The first-order valence-electron chi connectivity index (χ1n) is 7.08. The molecular formula is C18H18O2S. The summed E-state index contributed by atoms with van der Waals surface area (Å²) in [5.41, 5.74) is 1.78. The van der Waals surface area contributed by atoms with Crippen LogP contribution in [0.2, 0.25) is 0 Å². The summed E-state index contributed by atoms with van der Waals surface area (Å²) in [6, 6.07) is 15.7. The summed E-state index contributed by atoms with van der Waals surface area (Å²) >= 11 is 1.65. The van der Waals surface area contributed by atoms with Crippen LogP contribution in [0.3, 0.4) is 0 Å². The molecule has 0 saturated heterocycles. The molecule has 0 aliphatic rings. The van der Waals surface area contributed by atoms with Crippen molar-refractivity contribution in [2.24, 2.45) is 0 Å². The van der Waals surface area contributed by atoms with Crippen LogP contribution in [-0.2, 0) is 11.2 Å². The summed E-state index contributed by atoms with van der Waals surface area (Å²) in [4.78, 5) is 25.4. The van der Waals surface area contributed by atoms with Crippen molar-refractivity contribution in [1.82, 2.24) is 0 Å². The molecule has 21 heavy (non-hydrogen) atoms. The molecule has 0 aromatic heterocycles. The van der Waals surface area contributed by atoms with E-state index in [9.17, 15) is 9.59 Å². The molecule has 2 aromatic rings. The van der Waals surface area contributed by atoms with Gasteiger partial charge < -0.3 is 0 Å².